The van der Waals surface area contributed by atoms with E-state index >= 15 is 0 Å². The molecule has 3 rings (SSSR count). The molecular weight excluding hydrogens is 288 g/mol. The normalized spacial score (nSPS) is 10.7. The molecule has 0 aliphatic rings. The Balaban J connectivity index is 1.84. The number of anilines is 1. The highest BCUT2D eigenvalue weighted by molar-refractivity contribution is 7.12. The number of nitrogens with zero attached hydrogens (tertiary/aromatic N) is 1. The number of nitrogens with two attached hydrogens (primary N) is 1. The van der Waals surface area contributed by atoms with Crippen molar-refractivity contribution in [2.45, 2.75) is 13.1 Å². The highest BCUT2D eigenvalue weighted by Crippen LogP contribution is 2.23. The van der Waals surface area contributed by atoms with E-state index in [9.17, 15) is 4.79 Å². The summed E-state index contributed by atoms with van der Waals surface area (Å²) in [6.45, 7) is 0.730. The number of amides is 1. The van der Waals surface area contributed by atoms with Crippen molar-refractivity contribution in [3.63, 3.8) is 0 Å². The second kappa shape index (κ2) is 5.88. The smallest absolute Gasteiger partial charge is 0.266 e. The molecule has 0 aliphatic carbocycles. The summed E-state index contributed by atoms with van der Waals surface area (Å²) >= 11 is 1.33. The van der Waals surface area contributed by atoms with Crippen molar-refractivity contribution in [3.8, 4) is 0 Å². The molecule has 0 radical (unpaired) electrons. The quantitative estimate of drug-likeness (QED) is 0.784. The van der Waals surface area contributed by atoms with Gasteiger partial charge < -0.3 is 19.5 Å². The van der Waals surface area contributed by atoms with Crippen molar-refractivity contribution in [1.82, 2.24) is 4.90 Å². The molecule has 3 aromatic heterocycles. The van der Waals surface area contributed by atoms with Crippen LogP contribution in [0.3, 0.4) is 0 Å². The standard InChI is InChI=1S/C15H14N2O3S/c16-13-5-8-21-14(13)15(18)17(9-11-3-1-6-19-11)10-12-4-2-7-20-12/h1-8H,9-10,16H2. The largest absolute Gasteiger partial charge is 0.467 e. The minimum absolute atomic E-state index is 0.129. The molecule has 2 N–H and O–H groups in total. The molecule has 0 saturated carbocycles. The van der Waals surface area contributed by atoms with Gasteiger partial charge in [-0.25, -0.2) is 0 Å². The molecule has 5 nitrogen and oxygen atoms in total. The molecule has 6 heteroatoms. The molecule has 0 atom stereocenters. The van der Waals surface area contributed by atoms with Crippen molar-refractivity contribution >= 4 is 22.9 Å². The van der Waals surface area contributed by atoms with E-state index in [-0.39, 0.29) is 5.91 Å². The van der Waals surface area contributed by atoms with E-state index in [0.29, 0.717) is 35.2 Å². The third-order valence-electron chi connectivity index (χ3n) is 3.03. The first-order valence-corrected chi connectivity index (χ1v) is 7.29. The monoisotopic (exact) mass is 302 g/mol. The van der Waals surface area contributed by atoms with Gasteiger partial charge in [0, 0.05) is 0 Å². The molecule has 0 fully saturated rings. The van der Waals surface area contributed by atoms with Crippen LogP contribution in [0, 0.1) is 0 Å². The van der Waals surface area contributed by atoms with Crippen LogP contribution >= 0.6 is 11.3 Å². The van der Waals surface area contributed by atoms with Crippen molar-refractivity contribution < 1.29 is 13.6 Å². The van der Waals surface area contributed by atoms with Crippen LogP contribution in [0.1, 0.15) is 21.2 Å². The zero-order chi connectivity index (χ0) is 14.7. The van der Waals surface area contributed by atoms with Gasteiger partial charge in [-0.3, -0.25) is 4.79 Å². The summed E-state index contributed by atoms with van der Waals surface area (Å²) in [4.78, 5) is 14.8. The lowest BCUT2D eigenvalue weighted by atomic mass is 10.3. The minimum Gasteiger partial charge on any atom is -0.467 e. The highest BCUT2D eigenvalue weighted by Gasteiger charge is 2.21. The van der Waals surface area contributed by atoms with Crippen LogP contribution in [0.5, 0.6) is 0 Å². The van der Waals surface area contributed by atoms with Gasteiger partial charge in [-0.2, -0.15) is 0 Å². The van der Waals surface area contributed by atoms with Crippen LogP contribution in [0.2, 0.25) is 0 Å². The molecule has 0 unspecified atom stereocenters. The Labute approximate surface area is 125 Å². The predicted octanol–water partition coefficient (Wildman–Crippen LogP) is 3.36. The van der Waals surface area contributed by atoms with E-state index in [1.54, 1.807) is 41.0 Å². The Kier molecular flexibility index (Phi) is 3.79. The van der Waals surface area contributed by atoms with E-state index in [1.165, 1.54) is 11.3 Å². The van der Waals surface area contributed by atoms with Gasteiger partial charge >= 0.3 is 0 Å². The molecule has 0 saturated heterocycles. The van der Waals surface area contributed by atoms with E-state index in [2.05, 4.69) is 0 Å². The molecular formula is C15H14N2O3S. The number of hydrogen-bond acceptors (Lipinski definition) is 5. The summed E-state index contributed by atoms with van der Waals surface area (Å²) in [5.41, 5.74) is 6.34. The molecule has 0 aliphatic heterocycles. The number of furan rings is 2. The second-order valence-electron chi connectivity index (χ2n) is 4.53. The Morgan fingerprint density at radius 2 is 1.71 bits per heavy atom. The Bertz CT molecular complexity index is 665. The van der Waals surface area contributed by atoms with Crippen LogP contribution in [-0.2, 0) is 13.1 Å². The second-order valence-corrected chi connectivity index (χ2v) is 5.44. The average molecular weight is 302 g/mol. The number of nitrogen functional groups attached to an aromatic ring is 1. The number of rotatable bonds is 5. The zero-order valence-corrected chi connectivity index (χ0v) is 12.0. The Morgan fingerprint density at radius 3 is 2.14 bits per heavy atom. The molecule has 3 heterocycles. The van der Waals surface area contributed by atoms with E-state index in [0.717, 1.165) is 0 Å². The summed E-state index contributed by atoms with van der Waals surface area (Å²) in [6, 6.07) is 8.99. The molecule has 0 spiro atoms. The average Bonchev–Trinajstić information content (AvgIpc) is 3.19. The topological polar surface area (TPSA) is 72.6 Å². The first-order valence-electron chi connectivity index (χ1n) is 6.41. The van der Waals surface area contributed by atoms with Crippen LogP contribution in [0.25, 0.3) is 0 Å². The van der Waals surface area contributed by atoms with Crippen molar-refractivity contribution in [2.24, 2.45) is 0 Å². The maximum absolute atomic E-state index is 12.7. The van der Waals surface area contributed by atoms with Gasteiger partial charge in [-0.1, -0.05) is 0 Å². The third kappa shape index (κ3) is 3.00. The first-order chi connectivity index (χ1) is 10.2. The number of carbonyl (C=O) groups excluding carboxylic acids is 1. The molecule has 1 amide bonds. The van der Waals surface area contributed by atoms with Gasteiger partial charge in [0.15, 0.2) is 0 Å². The summed E-state index contributed by atoms with van der Waals surface area (Å²) in [6.07, 6.45) is 3.18. The fourth-order valence-electron chi connectivity index (χ4n) is 2.02. The fraction of sp³-hybridized carbons (Fsp3) is 0.133. The lowest BCUT2D eigenvalue weighted by Crippen LogP contribution is -2.29. The van der Waals surface area contributed by atoms with E-state index in [1.807, 2.05) is 12.1 Å². The SMILES string of the molecule is Nc1ccsc1C(=O)N(Cc1ccco1)Cc1ccco1. The van der Waals surface area contributed by atoms with E-state index < -0.39 is 0 Å². The van der Waals surface area contributed by atoms with Crippen LogP contribution in [-0.4, -0.2) is 10.8 Å². The summed E-state index contributed by atoms with van der Waals surface area (Å²) in [7, 11) is 0. The van der Waals surface area contributed by atoms with Crippen molar-refractivity contribution in [3.05, 3.63) is 64.6 Å². The van der Waals surface area contributed by atoms with E-state index in [4.69, 9.17) is 14.6 Å². The number of thiophene rings is 1. The number of carbonyl (C=O) groups is 1. The Hall–Kier alpha value is -2.47. The van der Waals surface area contributed by atoms with Crippen molar-refractivity contribution in [2.75, 3.05) is 5.73 Å². The molecule has 108 valence electrons. The van der Waals surface area contributed by atoms with Crippen LogP contribution in [0.15, 0.2) is 57.1 Å². The fourth-order valence-corrected chi connectivity index (χ4v) is 2.80. The van der Waals surface area contributed by atoms with Gasteiger partial charge in [-0.15, -0.1) is 11.3 Å². The zero-order valence-electron chi connectivity index (χ0n) is 11.2. The van der Waals surface area contributed by atoms with Gasteiger partial charge in [0.25, 0.3) is 5.91 Å². The molecule has 0 bridgehead atoms. The van der Waals surface area contributed by atoms with Gasteiger partial charge in [-0.05, 0) is 35.7 Å². The van der Waals surface area contributed by atoms with Gasteiger partial charge in [0.1, 0.15) is 16.4 Å². The summed E-state index contributed by atoms with van der Waals surface area (Å²) in [5.74, 6) is 1.30. The molecule has 3 aromatic rings. The third-order valence-corrected chi connectivity index (χ3v) is 3.95. The molecule has 21 heavy (non-hydrogen) atoms. The van der Waals surface area contributed by atoms with Crippen molar-refractivity contribution in [1.29, 1.82) is 0 Å². The van der Waals surface area contributed by atoms with Crippen LogP contribution < -0.4 is 5.73 Å². The van der Waals surface area contributed by atoms with Gasteiger partial charge in [0.2, 0.25) is 0 Å². The van der Waals surface area contributed by atoms with Crippen LogP contribution in [0.4, 0.5) is 5.69 Å². The number of hydrogen-bond donors (Lipinski definition) is 1. The van der Waals surface area contributed by atoms with Gasteiger partial charge in [0.05, 0.1) is 31.3 Å². The summed E-state index contributed by atoms with van der Waals surface area (Å²) < 4.78 is 10.7. The summed E-state index contributed by atoms with van der Waals surface area (Å²) in [5, 5.41) is 1.81. The Morgan fingerprint density at radius 1 is 1.10 bits per heavy atom. The predicted molar refractivity (Wildman–Crippen MR) is 79.7 cm³/mol. The minimum atomic E-state index is -0.129. The molecule has 0 aromatic carbocycles. The highest BCUT2D eigenvalue weighted by atomic mass is 32.1. The maximum atomic E-state index is 12.7. The lowest BCUT2D eigenvalue weighted by molar-refractivity contribution is 0.0711. The lowest BCUT2D eigenvalue weighted by Gasteiger charge is -2.20. The first kappa shape index (κ1) is 13.5. The maximum Gasteiger partial charge on any atom is 0.266 e.